The third kappa shape index (κ3) is 4.62. The van der Waals surface area contributed by atoms with Crippen molar-refractivity contribution in [1.29, 1.82) is 0 Å². The standard InChI is InChI=1S/C17H31NO2S/c1-13(2)8-11-21-12-9-14-5-4-10-17(14,16(19)20-3)18-15-6-7-15/h13-15,18H,4-12H2,1-3H3. The Hall–Kier alpha value is -0.220. The number of thioether (sulfide) groups is 1. The van der Waals surface area contributed by atoms with Crippen molar-refractivity contribution in [3.05, 3.63) is 0 Å². The van der Waals surface area contributed by atoms with Crippen LogP contribution in [0.15, 0.2) is 0 Å². The summed E-state index contributed by atoms with van der Waals surface area (Å²) >= 11 is 2.04. The zero-order valence-corrected chi connectivity index (χ0v) is 14.6. The molecule has 2 fully saturated rings. The molecule has 0 bridgehead atoms. The fourth-order valence-corrected chi connectivity index (χ4v) is 4.70. The molecule has 2 atom stereocenters. The second kappa shape index (κ2) is 7.87. The lowest BCUT2D eigenvalue weighted by Crippen LogP contribution is -2.56. The minimum absolute atomic E-state index is 0.0240. The number of hydrogen-bond acceptors (Lipinski definition) is 4. The van der Waals surface area contributed by atoms with E-state index in [1.54, 1.807) is 0 Å². The first-order chi connectivity index (χ1) is 10.1. The molecule has 0 saturated heterocycles. The molecule has 0 spiro atoms. The zero-order chi connectivity index (χ0) is 15.3. The second-order valence-electron chi connectivity index (χ2n) is 7.05. The molecule has 0 aromatic carbocycles. The van der Waals surface area contributed by atoms with Crippen LogP contribution in [0.5, 0.6) is 0 Å². The lowest BCUT2D eigenvalue weighted by molar-refractivity contribution is -0.150. The predicted molar refractivity (Wildman–Crippen MR) is 89.6 cm³/mol. The van der Waals surface area contributed by atoms with Gasteiger partial charge in [-0.25, -0.2) is 0 Å². The van der Waals surface area contributed by atoms with Crippen LogP contribution in [0.4, 0.5) is 0 Å². The third-order valence-electron chi connectivity index (χ3n) is 4.86. The maximum absolute atomic E-state index is 12.4. The molecule has 2 rings (SSSR count). The van der Waals surface area contributed by atoms with E-state index in [0.29, 0.717) is 12.0 Å². The summed E-state index contributed by atoms with van der Waals surface area (Å²) in [5.74, 6) is 3.63. The fourth-order valence-electron chi connectivity index (χ4n) is 3.41. The van der Waals surface area contributed by atoms with Crippen LogP contribution in [0.1, 0.15) is 58.8 Å². The lowest BCUT2D eigenvalue weighted by atomic mass is 9.84. The van der Waals surface area contributed by atoms with Gasteiger partial charge in [0.1, 0.15) is 5.54 Å². The maximum atomic E-state index is 12.4. The molecule has 122 valence electrons. The summed E-state index contributed by atoms with van der Waals surface area (Å²) in [6.07, 6.45) is 8.13. The zero-order valence-electron chi connectivity index (χ0n) is 13.8. The molecule has 0 radical (unpaired) electrons. The van der Waals surface area contributed by atoms with E-state index in [4.69, 9.17) is 4.74 Å². The fraction of sp³-hybridized carbons (Fsp3) is 0.941. The molecule has 2 aliphatic carbocycles. The van der Waals surface area contributed by atoms with E-state index >= 15 is 0 Å². The van der Waals surface area contributed by atoms with Crippen LogP contribution in [0.25, 0.3) is 0 Å². The summed E-state index contributed by atoms with van der Waals surface area (Å²) < 4.78 is 5.15. The van der Waals surface area contributed by atoms with Crippen LogP contribution in [-0.4, -0.2) is 36.2 Å². The number of hydrogen-bond donors (Lipinski definition) is 1. The Labute approximate surface area is 134 Å². The van der Waals surface area contributed by atoms with Crippen molar-refractivity contribution >= 4 is 17.7 Å². The number of methoxy groups -OCH3 is 1. The molecule has 2 unspecified atom stereocenters. The van der Waals surface area contributed by atoms with Crippen LogP contribution in [0, 0.1) is 11.8 Å². The minimum Gasteiger partial charge on any atom is -0.468 e. The predicted octanol–water partition coefficient (Wildman–Crippen LogP) is 3.62. The summed E-state index contributed by atoms with van der Waals surface area (Å²) in [5.41, 5.74) is -0.380. The number of rotatable bonds is 9. The summed E-state index contributed by atoms with van der Waals surface area (Å²) in [7, 11) is 1.53. The van der Waals surface area contributed by atoms with Gasteiger partial charge in [0.15, 0.2) is 0 Å². The quantitative estimate of drug-likeness (QED) is 0.521. The molecule has 3 nitrogen and oxygen atoms in total. The van der Waals surface area contributed by atoms with Crippen molar-refractivity contribution in [2.45, 2.75) is 70.4 Å². The van der Waals surface area contributed by atoms with Gasteiger partial charge < -0.3 is 4.74 Å². The topological polar surface area (TPSA) is 38.3 Å². The average molecular weight is 314 g/mol. The highest BCUT2D eigenvalue weighted by molar-refractivity contribution is 7.99. The third-order valence-corrected chi connectivity index (χ3v) is 5.91. The van der Waals surface area contributed by atoms with Crippen molar-refractivity contribution in [3.63, 3.8) is 0 Å². The number of ether oxygens (including phenoxy) is 1. The van der Waals surface area contributed by atoms with Crippen molar-refractivity contribution in [2.24, 2.45) is 11.8 Å². The van der Waals surface area contributed by atoms with E-state index < -0.39 is 0 Å². The van der Waals surface area contributed by atoms with Crippen LogP contribution in [0.3, 0.4) is 0 Å². The molecule has 1 N–H and O–H groups in total. The normalized spacial score (nSPS) is 29.0. The Bertz CT molecular complexity index is 344. The molecule has 4 heteroatoms. The van der Waals surface area contributed by atoms with Crippen LogP contribution >= 0.6 is 11.8 Å². The monoisotopic (exact) mass is 313 g/mol. The van der Waals surface area contributed by atoms with E-state index in [9.17, 15) is 4.79 Å². The summed E-state index contributed by atoms with van der Waals surface area (Å²) in [5, 5.41) is 3.64. The van der Waals surface area contributed by atoms with Gasteiger partial charge >= 0.3 is 5.97 Å². The maximum Gasteiger partial charge on any atom is 0.326 e. The van der Waals surface area contributed by atoms with Crippen molar-refractivity contribution in [1.82, 2.24) is 5.32 Å². The number of carbonyl (C=O) groups excluding carboxylic acids is 1. The van der Waals surface area contributed by atoms with E-state index in [1.807, 2.05) is 11.8 Å². The van der Waals surface area contributed by atoms with Crippen LogP contribution in [0.2, 0.25) is 0 Å². The molecule has 0 aromatic rings. The SMILES string of the molecule is COC(=O)C1(NC2CC2)CCCC1CCSCCC(C)C. The largest absolute Gasteiger partial charge is 0.468 e. The smallest absolute Gasteiger partial charge is 0.326 e. The molecule has 0 amide bonds. The average Bonchev–Trinajstić information content (AvgIpc) is 3.17. The highest BCUT2D eigenvalue weighted by Crippen LogP contribution is 2.41. The lowest BCUT2D eigenvalue weighted by Gasteiger charge is -2.34. The molecule has 21 heavy (non-hydrogen) atoms. The van der Waals surface area contributed by atoms with E-state index in [0.717, 1.165) is 25.2 Å². The molecule has 2 aliphatic rings. The highest BCUT2D eigenvalue weighted by Gasteiger charge is 2.51. The van der Waals surface area contributed by atoms with Crippen molar-refractivity contribution < 1.29 is 9.53 Å². The van der Waals surface area contributed by atoms with Gasteiger partial charge in [0.05, 0.1) is 7.11 Å². The first-order valence-electron chi connectivity index (χ1n) is 8.52. The first-order valence-corrected chi connectivity index (χ1v) is 9.68. The van der Waals surface area contributed by atoms with E-state index in [-0.39, 0.29) is 11.5 Å². The second-order valence-corrected chi connectivity index (χ2v) is 8.28. The molecule has 0 aliphatic heterocycles. The molecular formula is C17H31NO2S. The van der Waals surface area contributed by atoms with Crippen molar-refractivity contribution in [3.8, 4) is 0 Å². The Morgan fingerprint density at radius 2 is 2.10 bits per heavy atom. The Morgan fingerprint density at radius 1 is 1.33 bits per heavy atom. The number of nitrogens with one attached hydrogen (secondary N) is 1. The van der Waals surface area contributed by atoms with Gasteiger partial charge in [0, 0.05) is 6.04 Å². The summed E-state index contributed by atoms with van der Waals surface area (Å²) in [6, 6.07) is 0.554. The van der Waals surface area contributed by atoms with Gasteiger partial charge in [-0.15, -0.1) is 0 Å². The minimum atomic E-state index is -0.380. The van der Waals surface area contributed by atoms with E-state index in [1.165, 1.54) is 44.3 Å². The van der Waals surface area contributed by atoms with Crippen molar-refractivity contribution in [2.75, 3.05) is 18.6 Å². The molecule has 2 saturated carbocycles. The van der Waals surface area contributed by atoms with Gasteiger partial charge in [0.2, 0.25) is 0 Å². The van der Waals surface area contributed by atoms with Crippen LogP contribution in [-0.2, 0) is 9.53 Å². The molecule has 0 heterocycles. The van der Waals surface area contributed by atoms with Gasteiger partial charge in [-0.1, -0.05) is 20.3 Å². The molecule has 0 aromatic heterocycles. The van der Waals surface area contributed by atoms with Gasteiger partial charge in [-0.2, -0.15) is 11.8 Å². The number of esters is 1. The summed E-state index contributed by atoms with van der Waals surface area (Å²) in [6.45, 7) is 4.55. The Kier molecular flexibility index (Phi) is 6.42. The highest BCUT2D eigenvalue weighted by atomic mass is 32.2. The first kappa shape index (κ1) is 17.1. The molecular weight excluding hydrogens is 282 g/mol. The Morgan fingerprint density at radius 3 is 2.71 bits per heavy atom. The van der Waals surface area contributed by atoms with Gasteiger partial charge in [-0.05, 0) is 61.9 Å². The van der Waals surface area contributed by atoms with Crippen LogP contribution < -0.4 is 5.32 Å². The summed E-state index contributed by atoms with van der Waals surface area (Å²) in [4.78, 5) is 12.4. The number of carbonyl (C=O) groups is 1. The van der Waals surface area contributed by atoms with Gasteiger partial charge in [-0.3, -0.25) is 10.1 Å². The Balaban J connectivity index is 1.85. The van der Waals surface area contributed by atoms with E-state index in [2.05, 4.69) is 19.2 Å². The van der Waals surface area contributed by atoms with Gasteiger partial charge in [0.25, 0.3) is 0 Å².